The fourth-order valence-corrected chi connectivity index (χ4v) is 4.57. The highest BCUT2D eigenvalue weighted by Gasteiger charge is 2.43. The number of ether oxygens (including phenoxy) is 1. The standard InChI is InChI=1S/C23H23N3O4/c1-23(21(28)25-22(29)26-23)12-20(27)24-18-10-15-3-2-13(9-17(15)11-18)14-4-5-19-16(8-14)6-7-30-19/h2-5,8-9,18H,6-7,10-12H2,1H3,(H,24,27)(H2,25,26,28,29). The first-order chi connectivity index (χ1) is 14.4. The minimum absolute atomic E-state index is 0.0139. The molecule has 2 aromatic rings. The monoisotopic (exact) mass is 405 g/mol. The second-order valence-electron chi connectivity index (χ2n) is 8.49. The Labute approximate surface area is 174 Å². The Morgan fingerprint density at radius 2 is 1.83 bits per heavy atom. The van der Waals surface area contributed by atoms with Crippen LogP contribution in [0.2, 0.25) is 0 Å². The molecule has 1 fully saturated rings. The number of hydrogen-bond acceptors (Lipinski definition) is 4. The van der Waals surface area contributed by atoms with Crippen LogP contribution in [0, 0.1) is 0 Å². The molecule has 3 N–H and O–H groups in total. The number of hydrogen-bond donors (Lipinski definition) is 3. The molecule has 7 nitrogen and oxygen atoms in total. The van der Waals surface area contributed by atoms with Crippen molar-refractivity contribution in [1.82, 2.24) is 16.0 Å². The first-order valence-electron chi connectivity index (χ1n) is 10.2. The van der Waals surface area contributed by atoms with E-state index in [1.54, 1.807) is 6.92 Å². The lowest BCUT2D eigenvalue weighted by Gasteiger charge is -2.21. The zero-order valence-electron chi connectivity index (χ0n) is 16.7. The normalized spacial score (nSPS) is 24.0. The number of amides is 4. The molecule has 1 saturated heterocycles. The van der Waals surface area contributed by atoms with E-state index in [9.17, 15) is 14.4 Å². The van der Waals surface area contributed by atoms with Gasteiger partial charge in [0, 0.05) is 12.5 Å². The SMILES string of the molecule is CC1(CC(=O)NC2Cc3ccc(-c4ccc5c(c4)CCO5)cc3C2)NC(=O)NC1=O. The van der Waals surface area contributed by atoms with Crippen LogP contribution in [0.25, 0.3) is 11.1 Å². The molecule has 0 spiro atoms. The quantitative estimate of drug-likeness (QED) is 0.677. The molecule has 2 unspecified atom stereocenters. The third-order valence-electron chi connectivity index (χ3n) is 6.16. The van der Waals surface area contributed by atoms with Crippen molar-refractivity contribution in [3.8, 4) is 16.9 Å². The molecule has 3 aliphatic rings. The van der Waals surface area contributed by atoms with Crippen molar-refractivity contribution in [2.45, 2.75) is 44.2 Å². The summed E-state index contributed by atoms with van der Waals surface area (Å²) in [5.41, 5.74) is 4.84. The van der Waals surface area contributed by atoms with Crippen LogP contribution in [0.1, 0.15) is 30.0 Å². The molecule has 7 heteroatoms. The van der Waals surface area contributed by atoms with Gasteiger partial charge in [0.05, 0.1) is 13.0 Å². The summed E-state index contributed by atoms with van der Waals surface area (Å²) in [6.45, 7) is 2.30. The molecule has 4 amide bonds. The third-order valence-corrected chi connectivity index (χ3v) is 6.16. The second kappa shape index (κ2) is 6.86. The van der Waals surface area contributed by atoms with Gasteiger partial charge in [-0.15, -0.1) is 0 Å². The predicted molar refractivity (Wildman–Crippen MR) is 110 cm³/mol. The van der Waals surface area contributed by atoms with Gasteiger partial charge in [0.25, 0.3) is 5.91 Å². The molecule has 0 aromatic heterocycles. The van der Waals surface area contributed by atoms with Gasteiger partial charge in [-0.05, 0) is 59.7 Å². The maximum Gasteiger partial charge on any atom is 0.322 e. The van der Waals surface area contributed by atoms with Gasteiger partial charge in [-0.1, -0.05) is 24.3 Å². The number of carbonyl (C=O) groups is 3. The van der Waals surface area contributed by atoms with Crippen molar-refractivity contribution in [2.75, 3.05) is 6.61 Å². The maximum absolute atomic E-state index is 12.5. The molecule has 2 heterocycles. The summed E-state index contributed by atoms with van der Waals surface area (Å²) in [6.07, 6.45) is 2.37. The Morgan fingerprint density at radius 1 is 1.10 bits per heavy atom. The highest BCUT2D eigenvalue weighted by Crippen LogP contribution is 2.33. The van der Waals surface area contributed by atoms with Crippen molar-refractivity contribution in [1.29, 1.82) is 0 Å². The highest BCUT2D eigenvalue weighted by molar-refractivity contribution is 6.08. The molecule has 2 aliphatic heterocycles. The fraction of sp³-hybridized carbons (Fsp3) is 0.348. The molecule has 0 radical (unpaired) electrons. The van der Waals surface area contributed by atoms with E-state index < -0.39 is 17.5 Å². The van der Waals surface area contributed by atoms with Crippen LogP contribution < -0.4 is 20.7 Å². The van der Waals surface area contributed by atoms with Crippen LogP contribution in [-0.4, -0.2) is 36.0 Å². The minimum Gasteiger partial charge on any atom is -0.493 e. The summed E-state index contributed by atoms with van der Waals surface area (Å²) in [4.78, 5) is 35.8. The molecule has 1 aliphatic carbocycles. The Bertz CT molecular complexity index is 1080. The van der Waals surface area contributed by atoms with Crippen LogP contribution in [0.3, 0.4) is 0 Å². The molecule has 5 rings (SSSR count). The van der Waals surface area contributed by atoms with E-state index in [4.69, 9.17) is 4.74 Å². The number of fused-ring (bicyclic) bond motifs is 2. The van der Waals surface area contributed by atoms with Crippen LogP contribution in [0.5, 0.6) is 5.75 Å². The maximum atomic E-state index is 12.5. The number of carbonyl (C=O) groups excluding carboxylic acids is 3. The van der Waals surface area contributed by atoms with E-state index in [1.807, 2.05) is 6.07 Å². The van der Waals surface area contributed by atoms with Crippen molar-refractivity contribution < 1.29 is 19.1 Å². The van der Waals surface area contributed by atoms with Gasteiger partial charge in [0.1, 0.15) is 11.3 Å². The summed E-state index contributed by atoms with van der Waals surface area (Å²) < 4.78 is 5.59. The van der Waals surface area contributed by atoms with Crippen molar-refractivity contribution >= 4 is 17.8 Å². The van der Waals surface area contributed by atoms with Crippen LogP contribution in [0.4, 0.5) is 4.79 Å². The smallest absolute Gasteiger partial charge is 0.322 e. The van der Waals surface area contributed by atoms with Gasteiger partial charge < -0.3 is 15.4 Å². The predicted octanol–water partition coefficient (Wildman–Crippen LogP) is 1.86. The molecule has 2 aromatic carbocycles. The Kier molecular flexibility index (Phi) is 4.27. The van der Waals surface area contributed by atoms with Crippen molar-refractivity contribution in [3.63, 3.8) is 0 Å². The lowest BCUT2D eigenvalue weighted by Crippen LogP contribution is -2.49. The number of benzene rings is 2. The summed E-state index contributed by atoms with van der Waals surface area (Å²) >= 11 is 0. The Hall–Kier alpha value is -3.35. The van der Waals surface area contributed by atoms with E-state index in [1.165, 1.54) is 22.3 Å². The highest BCUT2D eigenvalue weighted by atomic mass is 16.5. The van der Waals surface area contributed by atoms with Gasteiger partial charge in [0.2, 0.25) is 5.91 Å². The van der Waals surface area contributed by atoms with E-state index in [-0.39, 0.29) is 18.4 Å². The fourth-order valence-electron chi connectivity index (χ4n) is 4.57. The Balaban J connectivity index is 1.26. The third kappa shape index (κ3) is 3.30. The molecule has 154 valence electrons. The minimum atomic E-state index is -1.20. The van der Waals surface area contributed by atoms with Gasteiger partial charge >= 0.3 is 6.03 Å². The van der Waals surface area contributed by atoms with E-state index in [0.29, 0.717) is 0 Å². The molecule has 2 atom stereocenters. The summed E-state index contributed by atoms with van der Waals surface area (Å²) in [7, 11) is 0. The van der Waals surface area contributed by atoms with Gasteiger partial charge in [0.15, 0.2) is 0 Å². The van der Waals surface area contributed by atoms with Gasteiger partial charge in [-0.25, -0.2) is 4.79 Å². The zero-order chi connectivity index (χ0) is 20.9. The number of nitrogens with one attached hydrogen (secondary N) is 3. The topological polar surface area (TPSA) is 96.5 Å². The number of imide groups is 1. The summed E-state index contributed by atoms with van der Waals surface area (Å²) in [6, 6.07) is 12.2. The lowest BCUT2D eigenvalue weighted by atomic mass is 9.97. The lowest BCUT2D eigenvalue weighted by molar-refractivity contribution is -0.129. The van der Waals surface area contributed by atoms with Crippen molar-refractivity contribution in [2.24, 2.45) is 0 Å². The zero-order valence-corrected chi connectivity index (χ0v) is 16.7. The van der Waals surface area contributed by atoms with Crippen LogP contribution >= 0.6 is 0 Å². The van der Waals surface area contributed by atoms with Gasteiger partial charge in [-0.2, -0.15) is 0 Å². The summed E-state index contributed by atoms with van der Waals surface area (Å²) in [5, 5.41) is 7.73. The molecular formula is C23H23N3O4. The van der Waals surface area contributed by atoms with Crippen LogP contribution in [0.15, 0.2) is 36.4 Å². The van der Waals surface area contributed by atoms with Crippen molar-refractivity contribution in [3.05, 3.63) is 53.1 Å². The second-order valence-corrected chi connectivity index (χ2v) is 8.49. The van der Waals surface area contributed by atoms with Crippen LogP contribution in [-0.2, 0) is 28.9 Å². The first kappa shape index (κ1) is 18.7. The average molecular weight is 405 g/mol. The first-order valence-corrected chi connectivity index (χ1v) is 10.2. The van der Waals surface area contributed by atoms with E-state index in [0.717, 1.165) is 37.2 Å². The molecule has 0 saturated carbocycles. The van der Waals surface area contributed by atoms with E-state index in [2.05, 4.69) is 46.3 Å². The summed E-state index contributed by atoms with van der Waals surface area (Å²) in [5.74, 6) is 0.261. The molecule has 30 heavy (non-hydrogen) atoms. The number of urea groups is 1. The average Bonchev–Trinajstić information content (AvgIpc) is 3.37. The Morgan fingerprint density at radius 3 is 2.60 bits per heavy atom. The molecule has 0 bridgehead atoms. The largest absolute Gasteiger partial charge is 0.493 e. The van der Waals surface area contributed by atoms with E-state index >= 15 is 0 Å². The van der Waals surface area contributed by atoms with Gasteiger partial charge in [-0.3, -0.25) is 14.9 Å². The number of rotatable bonds is 4. The molecular weight excluding hydrogens is 382 g/mol.